The number of benzene rings is 1. The van der Waals surface area contributed by atoms with Crippen LogP contribution in [0.5, 0.6) is 0 Å². The predicted octanol–water partition coefficient (Wildman–Crippen LogP) is 3.56. The highest BCUT2D eigenvalue weighted by atomic mass is 16.4. The number of aryl methyl sites for hydroxylation is 2. The molecule has 0 bridgehead atoms. The van der Waals surface area contributed by atoms with Crippen LogP contribution in [0, 0.1) is 13.8 Å². The molecule has 1 aliphatic heterocycles. The second-order valence-corrected chi connectivity index (χ2v) is 7.15. The van der Waals surface area contributed by atoms with Crippen molar-refractivity contribution in [2.24, 2.45) is 0 Å². The number of rotatable bonds is 2. The average molecular weight is 350 g/mol. The van der Waals surface area contributed by atoms with Gasteiger partial charge >= 0.3 is 0 Å². The third kappa shape index (κ3) is 2.85. The van der Waals surface area contributed by atoms with Crippen LogP contribution in [0.4, 0.5) is 0 Å². The van der Waals surface area contributed by atoms with Gasteiger partial charge in [0.1, 0.15) is 11.5 Å². The van der Waals surface area contributed by atoms with Crippen LogP contribution in [-0.2, 0) is 13.0 Å². The molecule has 1 aromatic carbocycles. The number of oxazole rings is 1. The summed E-state index contributed by atoms with van der Waals surface area (Å²) in [6.07, 6.45) is 0.701. The van der Waals surface area contributed by atoms with Crippen molar-refractivity contribution < 1.29 is 9.21 Å². The summed E-state index contributed by atoms with van der Waals surface area (Å²) in [5.74, 6) is 1.89. The Morgan fingerprint density at radius 1 is 1.12 bits per heavy atom. The largest absolute Gasteiger partial charge is 0.445 e. The second-order valence-electron chi connectivity index (χ2n) is 7.15. The van der Waals surface area contributed by atoms with E-state index in [1.807, 2.05) is 36.9 Å². The van der Waals surface area contributed by atoms with Gasteiger partial charge in [0.25, 0.3) is 5.91 Å². The van der Waals surface area contributed by atoms with Crippen molar-refractivity contribution in [3.05, 3.63) is 52.5 Å². The van der Waals surface area contributed by atoms with E-state index in [1.165, 1.54) is 0 Å². The van der Waals surface area contributed by atoms with Gasteiger partial charge in [-0.2, -0.15) is 0 Å². The SMILES string of the molecule is Cc1nc2ccc(C(=O)N3CCc4oc(C(C)C)nc4C3)cc2nc1C. The zero-order valence-electron chi connectivity index (χ0n) is 15.5. The molecule has 0 radical (unpaired) electrons. The van der Waals surface area contributed by atoms with Gasteiger partial charge < -0.3 is 9.32 Å². The molecule has 2 aromatic heterocycles. The first-order chi connectivity index (χ1) is 12.4. The highest BCUT2D eigenvalue weighted by Crippen LogP contribution is 2.25. The molecule has 0 saturated heterocycles. The lowest BCUT2D eigenvalue weighted by atomic mass is 10.1. The number of nitrogens with zero attached hydrogens (tertiary/aromatic N) is 4. The van der Waals surface area contributed by atoms with E-state index in [9.17, 15) is 4.79 Å². The van der Waals surface area contributed by atoms with E-state index in [0.29, 0.717) is 25.1 Å². The molecule has 0 N–H and O–H groups in total. The number of fused-ring (bicyclic) bond motifs is 2. The van der Waals surface area contributed by atoms with Crippen molar-refractivity contribution in [1.29, 1.82) is 0 Å². The van der Waals surface area contributed by atoms with Gasteiger partial charge in [-0.15, -0.1) is 0 Å². The van der Waals surface area contributed by atoms with E-state index in [4.69, 9.17) is 4.42 Å². The van der Waals surface area contributed by atoms with Gasteiger partial charge in [0.05, 0.1) is 29.0 Å². The van der Waals surface area contributed by atoms with Crippen LogP contribution in [0.2, 0.25) is 0 Å². The monoisotopic (exact) mass is 350 g/mol. The molecular formula is C20H22N4O2. The lowest BCUT2D eigenvalue weighted by Crippen LogP contribution is -2.35. The van der Waals surface area contributed by atoms with Crippen molar-refractivity contribution in [3.8, 4) is 0 Å². The first-order valence-electron chi connectivity index (χ1n) is 8.95. The van der Waals surface area contributed by atoms with E-state index in [-0.39, 0.29) is 11.8 Å². The van der Waals surface area contributed by atoms with Gasteiger partial charge in [0, 0.05) is 24.4 Å². The van der Waals surface area contributed by atoms with Crippen LogP contribution < -0.4 is 0 Å². The molecule has 0 saturated carbocycles. The number of hydrogen-bond acceptors (Lipinski definition) is 5. The first kappa shape index (κ1) is 16.7. The lowest BCUT2D eigenvalue weighted by molar-refractivity contribution is 0.0728. The standard InChI is InChI=1S/C20H22N4O2/c1-11(2)19-23-17-10-24(8-7-18(17)26-19)20(25)14-5-6-15-16(9-14)22-13(4)12(3)21-15/h5-6,9,11H,7-8,10H2,1-4H3. The Hall–Kier alpha value is -2.76. The van der Waals surface area contributed by atoms with Gasteiger partial charge in [-0.25, -0.2) is 15.0 Å². The van der Waals surface area contributed by atoms with Gasteiger partial charge in [-0.05, 0) is 32.0 Å². The highest BCUT2D eigenvalue weighted by Gasteiger charge is 2.27. The number of amides is 1. The van der Waals surface area contributed by atoms with Crippen molar-refractivity contribution in [2.45, 2.75) is 46.6 Å². The Kier molecular flexibility index (Phi) is 3.98. The molecule has 1 aliphatic rings. The number of carbonyl (C=O) groups excluding carboxylic acids is 1. The van der Waals surface area contributed by atoms with Gasteiger partial charge in [-0.1, -0.05) is 13.8 Å². The Morgan fingerprint density at radius 3 is 2.58 bits per heavy atom. The van der Waals surface area contributed by atoms with Crippen LogP contribution >= 0.6 is 0 Å². The first-order valence-corrected chi connectivity index (χ1v) is 8.95. The van der Waals surface area contributed by atoms with E-state index in [1.54, 1.807) is 0 Å². The van der Waals surface area contributed by atoms with Crippen LogP contribution in [0.3, 0.4) is 0 Å². The lowest BCUT2D eigenvalue weighted by Gasteiger charge is -2.25. The fraction of sp³-hybridized carbons (Fsp3) is 0.400. The van der Waals surface area contributed by atoms with Gasteiger partial charge in [0.2, 0.25) is 0 Å². The molecule has 0 atom stereocenters. The summed E-state index contributed by atoms with van der Waals surface area (Å²) < 4.78 is 5.82. The predicted molar refractivity (Wildman–Crippen MR) is 98.0 cm³/mol. The summed E-state index contributed by atoms with van der Waals surface area (Å²) in [7, 11) is 0. The molecule has 4 rings (SSSR count). The maximum atomic E-state index is 13.0. The maximum Gasteiger partial charge on any atom is 0.254 e. The minimum Gasteiger partial charge on any atom is -0.445 e. The van der Waals surface area contributed by atoms with Gasteiger partial charge in [0.15, 0.2) is 5.89 Å². The summed E-state index contributed by atoms with van der Waals surface area (Å²) in [6.45, 7) is 9.10. The molecule has 0 aliphatic carbocycles. The van der Waals surface area contributed by atoms with Crippen molar-refractivity contribution in [3.63, 3.8) is 0 Å². The van der Waals surface area contributed by atoms with Crippen molar-refractivity contribution in [1.82, 2.24) is 19.9 Å². The van der Waals surface area contributed by atoms with Crippen molar-refractivity contribution in [2.75, 3.05) is 6.54 Å². The zero-order valence-corrected chi connectivity index (χ0v) is 15.5. The van der Waals surface area contributed by atoms with Crippen molar-refractivity contribution >= 4 is 16.9 Å². The minimum absolute atomic E-state index is 0.00771. The molecule has 26 heavy (non-hydrogen) atoms. The van der Waals surface area contributed by atoms with Crippen LogP contribution in [-0.4, -0.2) is 32.3 Å². The molecule has 3 heterocycles. The average Bonchev–Trinajstić information content (AvgIpc) is 3.05. The summed E-state index contributed by atoms with van der Waals surface area (Å²) in [4.78, 5) is 28.4. The fourth-order valence-electron chi connectivity index (χ4n) is 3.19. The minimum atomic E-state index is -0.00771. The molecule has 0 fully saturated rings. The smallest absolute Gasteiger partial charge is 0.254 e. The Bertz CT molecular complexity index is 1010. The quantitative estimate of drug-likeness (QED) is 0.707. The van der Waals surface area contributed by atoms with Crippen LogP contribution in [0.25, 0.3) is 11.0 Å². The highest BCUT2D eigenvalue weighted by molar-refractivity contribution is 5.97. The molecular weight excluding hydrogens is 328 g/mol. The Labute approximate surface area is 152 Å². The van der Waals surface area contributed by atoms with E-state index < -0.39 is 0 Å². The molecule has 0 spiro atoms. The Balaban J connectivity index is 1.61. The number of aromatic nitrogens is 3. The third-order valence-electron chi connectivity index (χ3n) is 4.85. The topological polar surface area (TPSA) is 72.1 Å². The third-order valence-corrected chi connectivity index (χ3v) is 4.85. The Morgan fingerprint density at radius 2 is 1.85 bits per heavy atom. The summed E-state index contributed by atoms with van der Waals surface area (Å²) >= 11 is 0. The van der Waals surface area contributed by atoms with Crippen LogP contribution in [0.1, 0.15) is 58.9 Å². The summed E-state index contributed by atoms with van der Waals surface area (Å²) in [5.41, 5.74) is 4.86. The second kappa shape index (κ2) is 6.20. The molecule has 0 unspecified atom stereocenters. The molecule has 6 heteroatoms. The zero-order chi connectivity index (χ0) is 18.4. The fourth-order valence-corrected chi connectivity index (χ4v) is 3.19. The molecule has 134 valence electrons. The number of carbonyl (C=O) groups is 1. The molecule has 6 nitrogen and oxygen atoms in total. The van der Waals surface area contributed by atoms with E-state index >= 15 is 0 Å². The normalized spacial score (nSPS) is 14.1. The van der Waals surface area contributed by atoms with E-state index in [0.717, 1.165) is 39.8 Å². The molecule has 1 amide bonds. The van der Waals surface area contributed by atoms with E-state index in [2.05, 4.69) is 28.8 Å². The summed E-state index contributed by atoms with van der Waals surface area (Å²) in [6, 6.07) is 5.52. The van der Waals surface area contributed by atoms with Crippen LogP contribution in [0.15, 0.2) is 22.6 Å². The molecule has 3 aromatic rings. The van der Waals surface area contributed by atoms with Gasteiger partial charge in [-0.3, -0.25) is 4.79 Å². The maximum absolute atomic E-state index is 13.0. The number of hydrogen-bond donors (Lipinski definition) is 0. The summed E-state index contributed by atoms with van der Waals surface area (Å²) in [5, 5.41) is 0.